The number of amides is 2. The summed E-state index contributed by atoms with van der Waals surface area (Å²) < 4.78 is 40.4. The van der Waals surface area contributed by atoms with Crippen molar-refractivity contribution in [3.63, 3.8) is 0 Å². The molecule has 0 saturated carbocycles. The SMILES string of the molecule is O=C(NCc1cc2c(cc1OC(F)F)OCO2)NC1CCCc2sccc21. The number of urea groups is 1. The van der Waals surface area contributed by atoms with Crippen LogP contribution < -0.4 is 24.8 Å². The van der Waals surface area contributed by atoms with Crippen molar-refractivity contribution in [2.45, 2.75) is 38.5 Å². The minimum absolute atomic E-state index is 0.0193. The molecule has 0 radical (unpaired) electrons. The number of thiophene rings is 1. The summed E-state index contributed by atoms with van der Waals surface area (Å²) >= 11 is 1.70. The first-order chi connectivity index (χ1) is 13.1. The Labute approximate surface area is 158 Å². The number of ether oxygens (including phenoxy) is 3. The van der Waals surface area contributed by atoms with Crippen molar-refractivity contribution < 1.29 is 27.8 Å². The summed E-state index contributed by atoms with van der Waals surface area (Å²) in [6, 6.07) is 4.53. The number of benzene rings is 1. The molecule has 1 aliphatic carbocycles. The lowest BCUT2D eigenvalue weighted by molar-refractivity contribution is -0.0505. The van der Waals surface area contributed by atoms with Gasteiger partial charge in [-0.3, -0.25) is 0 Å². The van der Waals surface area contributed by atoms with E-state index in [1.54, 1.807) is 11.3 Å². The van der Waals surface area contributed by atoms with E-state index in [4.69, 9.17) is 9.47 Å². The third kappa shape index (κ3) is 3.92. The predicted octanol–water partition coefficient (Wildman–Crippen LogP) is 3.96. The topological polar surface area (TPSA) is 68.8 Å². The smallest absolute Gasteiger partial charge is 0.387 e. The van der Waals surface area contributed by atoms with Crippen LogP contribution in [0.25, 0.3) is 0 Å². The highest BCUT2D eigenvalue weighted by Crippen LogP contribution is 2.38. The molecule has 2 heterocycles. The zero-order valence-electron chi connectivity index (χ0n) is 14.3. The van der Waals surface area contributed by atoms with Crippen LogP contribution in [0.1, 0.15) is 34.9 Å². The van der Waals surface area contributed by atoms with Crippen LogP contribution in [0.2, 0.25) is 0 Å². The van der Waals surface area contributed by atoms with Crippen molar-refractivity contribution in [1.82, 2.24) is 10.6 Å². The van der Waals surface area contributed by atoms with Crippen LogP contribution in [0.4, 0.5) is 13.6 Å². The van der Waals surface area contributed by atoms with E-state index in [1.807, 2.05) is 11.4 Å². The number of nitrogens with one attached hydrogen (secondary N) is 2. The lowest BCUT2D eigenvalue weighted by atomic mass is 9.94. The molecule has 2 N–H and O–H groups in total. The maximum Gasteiger partial charge on any atom is 0.387 e. The summed E-state index contributed by atoms with van der Waals surface area (Å²) in [6.07, 6.45) is 2.94. The van der Waals surface area contributed by atoms with E-state index in [2.05, 4.69) is 15.4 Å². The molecule has 0 saturated heterocycles. The van der Waals surface area contributed by atoms with Crippen molar-refractivity contribution in [2.24, 2.45) is 0 Å². The molecule has 0 bridgehead atoms. The number of hydrogen-bond acceptors (Lipinski definition) is 5. The Hall–Kier alpha value is -2.55. The number of alkyl halides is 2. The molecule has 0 fully saturated rings. The Morgan fingerprint density at radius 2 is 2.15 bits per heavy atom. The fraction of sp³-hybridized carbons (Fsp3) is 0.389. The fourth-order valence-electron chi connectivity index (χ4n) is 3.33. The molecule has 2 amide bonds. The number of fused-ring (bicyclic) bond motifs is 2. The van der Waals surface area contributed by atoms with Gasteiger partial charge in [-0.1, -0.05) is 0 Å². The zero-order valence-corrected chi connectivity index (χ0v) is 15.1. The van der Waals surface area contributed by atoms with Crippen LogP contribution in [0.3, 0.4) is 0 Å². The molecule has 4 rings (SSSR count). The van der Waals surface area contributed by atoms with Gasteiger partial charge in [-0.2, -0.15) is 8.78 Å². The molecule has 1 aromatic heterocycles. The van der Waals surface area contributed by atoms with Crippen LogP contribution >= 0.6 is 11.3 Å². The average molecular weight is 396 g/mol. The van der Waals surface area contributed by atoms with Gasteiger partial charge >= 0.3 is 12.6 Å². The molecule has 2 aromatic rings. The molecule has 1 aromatic carbocycles. The van der Waals surface area contributed by atoms with Gasteiger partial charge in [-0.15, -0.1) is 11.3 Å². The van der Waals surface area contributed by atoms with Crippen LogP contribution in [0.5, 0.6) is 17.2 Å². The van der Waals surface area contributed by atoms with E-state index in [9.17, 15) is 13.6 Å². The van der Waals surface area contributed by atoms with E-state index in [0.29, 0.717) is 17.1 Å². The standard InChI is InChI=1S/C18H18F2N2O4S/c19-17(20)26-13-7-15-14(24-9-25-15)6-10(13)8-21-18(23)22-12-2-1-3-16-11(12)4-5-27-16/h4-7,12,17H,1-3,8-9H2,(H2,21,22,23). The number of rotatable bonds is 5. The number of hydrogen-bond donors (Lipinski definition) is 2. The van der Waals surface area contributed by atoms with Crippen molar-refractivity contribution in [3.05, 3.63) is 39.6 Å². The van der Waals surface area contributed by atoms with Crippen LogP contribution in [-0.4, -0.2) is 19.4 Å². The van der Waals surface area contributed by atoms with Crippen LogP contribution in [0.15, 0.2) is 23.6 Å². The molecule has 2 aliphatic rings. The predicted molar refractivity (Wildman–Crippen MR) is 94.6 cm³/mol. The van der Waals surface area contributed by atoms with Crippen molar-refractivity contribution >= 4 is 17.4 Å². The lowest BCUT2D eigenvalue weighted by Crippen LogP contribution is -2.38. The van der Waals surface area contributed by atoms with Crippen LogP contribution in [0, 0.1) is 0 Å². The maximum absolute atomic E-state index is 12.7. The maximum atomic E-state index is 12.7. The average Bonchev–Trinajstić information content (AvgIpc) is 3.28. The van der Waals surface area contributed by atoms with Gasteiger partial charge in [0, 0.05) is 23.1 Å². The summed E-state index contributed by atoms with van der Waals surface area (Å²) in [5.41, 5.74) is 1.54. The van der Waals surface area contributed by atoms with E-state index in [0.717, 1.165) is 24.8 Å². The van der Waals surface area contributed by atoms with Gasteiger partial charge in [0.2, 0.25) is 6.79 Å². The Balaban J connectivity index is 1.42. The Kier molecular flexibility index (Phi) is 5.02. The van der Waals surface area contributed by atoms with Gasteiger partial charge in [-0.05, 0) is 42.3 Å². The Bertz CT molecular complexity index is 843. The molecule has 27 heavy (non-hydrogen) atoms. The molecule has 9 heteroatoms. The summed E-state index contributed by atoms with van der Waals surface area (Å²) in [4.78, 5) is 13.6. The first-order valence-electron chi connectivity index (χ1n) is 8.58. The monoisotopic (exact) mass is 396 g/mol. The van der Waals surface area contributed by atoms with Gasteiger partial charge < -0.3 is 24.8 Å². The molecule has 144 valence electrons. The van der Waals surface area contributed by atoms with Gasteiger partial charge in [0.15, 0.2) is 11.5 Å². The number of halogens is 2. The van der Waals surface area contributed by atoms with Crippen molar-refractivity contribution in [3.8, 4) is 17.2 Å². The molecule has 1 atom stereocenters. The minimum Gasteiger partial charge on any atom is -0.454 e. The normalized spacial score (nSPS) is 17.5. The largest absolute Gasteiger partial charge is 0.454 e. The summed E-state index contributed by atoms with van der Waals surface area (Å²) in [7, 11) is 0. The zero-order chi connectivity index (χ0) is 18.8. The quantitative estimate of drug-likeness (QED) is 0.803. The molecular formula is C18H18F2N2O4S. The number of aryl methyl sites for hydroxylation is 1. The Morgan fingerprint density at radius 1 is 1.33 bits per heavy atom. The third-order valence-corrected chi connectivity index (χ3v) is 5.56. The van der Waals surface area contributed by atoms with Crippen molar-refractivity contribution in [1.29, 1.82) is 0 Å². The second-order valence-electron chi connectivity index (χ2n) is 6.26. The molecule has 0 spiro atoms. The highest BCUT2D eigenvalue weighted by molar-refractivity contribution is 7.10. The van der Waals surface area contributed by atoms with Crippen molar-refractivity contribution in [2.75, 3.05) is 6.79 Å². The first kappa shape index (κ1) is 17.8. The first-order valence-corrected chi connectivity index (χ1v) is 9.46. The number of carbonyl (C=O) groups excluding carboxylic acids is 1. The highest BCUT2D eigenvalue weighted by Gasteiger charge is 2.24. The molecule has 6 nitrogen and oxygen atoms in total. The molecular weight excluding hydrogens is 378 g/mol. The van der Waals surface area contributed by atoms with Crippen LogP contribution in [-0.2, 0) is 13.0 Å². The van der Waals surface area contributed by atoms with Gasteiger partial charge in [-0.25, -0.2) is 4.79 Å². The second kappa shape index (κ2) is 7.59. The summed E-state index contributed by atoms with van der Waals surface area (Å²) in [6.45, 7) is -2.93. The van der Waals surface area contributed by atoms with E-state index in [1.165, 1.54) is 17.0 Å². The lowest BCUT2D eigenvalue weighted by Gasteiger charge is -2.24. The molecule has 1 aliphatic heterocycles. The molecule has 1 unspecified atom stereocenters. The summed E-state index contributed by atoms with van der Waals surface area (Å²) in [5, 5.41) is 7.69. The third-order valence-electron chi connectivity index (χ3n) is 4.57. The summed E-state index contributed by atoms with van der Waals surface area (Å²) in [5.74, 6) is 0.724. The Morgan fingerprint density at radius 3 is 2.96 bits per heavy atom. The van der Waals surface area contributed by atoms with E-state index >= 15 is 0 Å². The fourth-order valence-corrected chi connectivity index (χ4v) is 4.32. The highest BCUT2D eigenvalue weighted by atomic mass is 32.1. The van der Waals surface area contributed by atoms with E-state index < -0.39 is 6.61 Å². The second-order valence-corrected chi connectivity index (χ2v) is 7.26. The minimum atomic E-state index is -2.97. The van der Waals surface area contributed by atoms with E-state index in [-0.39, 0.29) is 31.2 Å². The van der Waals surface area contributed by atoms with Gasteiger partial charge in [0.05, 0.1) is 6.04 Å². The van der Waals surface area contributed by atoms with Gasteiger partial charge in [0.1, 0.15) is 5.75 Å². The number of carbonyl (C=O) groups is 1. The van der Waals surface area contributed by atoms with Gasteiger partial charge in [0.25, 0.3) is 0 Å².